The Morgan fingerprint density at radius 2 is 1.61 bits per heavy atom. The minimum atomic E-state index is -1.29. The lowest BCUT2D eigenvalue weighted by Crippen LogP contribution is -2.51. The van der Waals surface area contributed by atoms with Crippen molar-refractivity contribution in [2.75, 3.05) is 82.8 Å². The number of H-pyrrole nitrogens is 1. The van der Waals surface area contributed by atoms with Gasteiger partial charge < -0.3 is 34.7 Å². The van der Waals surface area contributed by atoms with Crippen LogP contribution in [0.3, 0.4) is 0 Å². The number of hydrogen-bond acceptors (Lipinski definition) is 11. The van der Waals surface area contributed by atoms with E-state index in [2.05, 4.69) is 35.4 Å². The predicted octanol–water partition coefficient (Wildman–Crippen LogP) is 7.36. The monoisotopic (exact) mass is 969 g/mol. The number of aromatic nitrogens is 3. The van der Waals surface area contributed by atoms with E-state index < -0.39 is 29.2 Å². The molecule has 3 aliphatic rings. The second-order valence-electron chi connectivity index (χ2n) is 18.9. The van der Waals surface area contributed by atoms with Gasteiger partial charge in [0.2, 0.25) is 5.91 Å². The third kappa shape index (κ3) is 10.9. The number of carbonyl (C=O) groups excluding carboxylic acids is 4. The number of nitrogens with zero attached hydrogens (tertiary/aromatic N) is 6. The smallest absolute Gasteiger partial charge is 0.328 e. The first kappa shape index (κ1) is 48.7. The molecule has 71 heavy (non-hydrogen) atoms. The summed E-state index contributed by atoms with van der Waals surface area (Å²) in [5.41, 5.74) is 3.50. The van der Waals surface area contributed by atoms with Crippen molar-refractivity contribution in [3.05, 3.63) is 119 Å². The van der Waals surface area contributed by atoms with Crippen LogP contribution in [0.4, 0.5) is 25.0 Å². The number of methoxy groups -OCH3 is 1. The van der Waals surface area contributed by atoms with E-state index in [4.69, 9.17) is 9.47 Å². The maximum absolute atomic E-state index is 15.2. The van der Waals surface area contributed by atoms with Crippen molar-refractivity contribution in [2.45, 2.75) is 45.6 Å². The molecule has 2 aromatic heterocycles. The summed E-state index contributed by atoms with van der Waals surface area (Å²) in [6, 6.07) is 20.7. The number of imide groups is 1. The maximum Gasteiger partial charge on any atom is 0.328 e. The average molecular weight is 970 g/mol. The maximum atomic E-state index is 15.2. The lowest BCUT2D eigenvalue weighted by atomic mass is 9.96. The molecule has 0 aliphatic carbocycles. The highest BCUT2D eigenvalue weighted by Gasteiger charge is 2.30. The van der Waals surface area contributed by atoms with Gasteiger partial charge in [0.05, 0.1) is 36.3 Å². The predicted molar refractivity (Wildman–Crippen MR) is 265 cm³/mol. The van der Waals surface area contributed by atoms with E-state index >= 15 is 8.78 Å². The number of hydrogen-bond donors (Lipinski definition) is 4. The van der Waals surface area contributed by atoms with E-state index in [1.807, 2.05) is 35.2 Å². The minimum Gasteiger partial charge on any atom is -0.495 e. The van der Waals surface area contributed by atoms with Crippen LogP contribution in [0.2, 0.25) is 0 Å². The Hall–Kier alpha value is -7.28. The van der Waals surface area contributed by atoms with E-state index in [-0.39, 0.29) is 36.0 Å². The number of piperazine rings is 1. The van der Waals surface area contributed by atoms with E-state index in [9.17, 15) is 24.3 Å². The summed E-state index contributed by atoms with van der Waals surface area (Å²) in [5.74, 6) is -0.958. The third-order valence-corrected chi connectivity index (χ3v) is 13.7. The Balaban J connectivity index is 0.740. The topological polar surface area (TPSA) is 186 Å². The number of urea groups is 1. The Morgan fingerprint density at radius 3 is 2.30 bits per heavy atom. The van der Waals surface area contributed by atoms with Gasteiger partial charge in [0.15, 0.2) is 0 Å². The van der Waals surface area contributed by atoms with Gasteiger partial charge in [-0.1, -0.05) is 6.07 Å². The first-order chi connectivity index (χ1) is 34.1. The highest BCUT2D eigenvalue weighted by atomic mass is 19.1. The highest BCUT2D eigenvalue weighted by Crippen LogP contribution is 2.36. The summed E-state index contributed by atoms with van der Waals surface area (Å²) in [6.45, 7) is 12.2. The third-order valence-electron chi connectivity index (χ3n) is 13.7. The van der Waals surface area contributed by atoms with Crippen LogP contribution >= 0.6 is 0 Å². The number of aromatic amines is 1. The zero-order valence-electron chi connectivity index (χ0n) is 40.2. The molecule has 4 aromatic carbocycles. The van der Waals surface area contributed by atoms with Gasteiger partial charge in [0.1, 0.15) is 35.1 Å². The largest absolute Gasteiger partial charge is 0.495 e. The molecule has 0 spiro atoms. The van der Waals surface area contributed by atoms with Crippen LogP contribution in [-0.2, 0) is 10.4 Å². The summed E-state index contributed by atoms with van der Waals surface area (Å²) in [4.78, 5) is 71.5. The van der Waals surface area contributed by atoms with Gasteiger partial charge in [-0.2, -0.15) is 0 Å². The number of ether oxygens (including phenoxy) is 2. The lowest BCUT2D eigenvalue weighted by Gasteiger charge is -2.37. The molecule has 0 bridgehead atoms. The van der Waals surface area contributed by atoms with Crippen molar-refractivity contribution < 1.29 is 42.5 Å². The highest BCUT2D eigenvalue weighted by molar-refractivity contribution is 6.07. The average Bonchev–Trinajstić information content (AvgIpc) is 3.81. The van der Waals surface area contributed by atoms with E-state index in [0.29, 0.717) is 76.0 Å². The molecule has 9 rings (SSSR count). The number of benzene rings is 4. The normalized spacial score (nSPS) is 16.3. The number of nitrogens with one attached hydrogen (secondary N) is 3. The standard InChI is InChI=1S/C53H57F2N9O7/c1-32-40(27-37(54)28-43(32)59-50(66)39-11-8-36(26-42(39)55)53(2,3)69)48-41-29-44(58-49(41)57-31-56-48)34-5-9-38(10-6-34)71-30-33-13-16-61(17-14-33)19-20-62-21-23-63(24-22-62)51(67)35-7-12-46(70-4)45(25-35)64-18-15-47(65)60-52(64)68/h5-12,25-29,31,33,69H,13-24,30H2,1-4H3,(H,59,66)(H,56,57,58)(H,60,65,68). The molecular weight excluding hydrogens is 913 g/mol. The number of amides is 5. The van der Waals surface area contributed by atoms with E-state index in [1.165, 1.54) is 56.4 Å². The van der Waals surface area contributed by atoms with Crippen LogP contribution < -0.4 is 25.0 Å². The molecule has 0 unspecified atom stereocenters. The van der Waals surface area contributed by atoms with Gasteiger partial charge in [-0.25, -0.2) is 23.5 Å². The van der Waals surface area contributed by atoms with Crippen LogP contribution in [0.15, 0.2) is 85.2 Å². The van der Waals surface area contributed by atoms with Crippen LogP contribution in [0, 0.1) is 24.5 Å². The van der Waals surface area contributed by atoms with Gasteiger partial charge in [-0.15, -0.1) is 0 Å². The Labute approximate surface area is 410 Å². The molecule has 0 radical (unpaired) electrons. The SMILES string of the molecule is COc1ccc(C(=O)N2CCN(CCN3CCC(COc4ccc(-c5cc6c(-c7cc(F)cc(NC(=O)c8ccc(C(C)(C)O)cc8F)c7C)ncnc6[nH]5)cc4)CC3)CC2)cc1N1CCC(=O)NC1=O. The molecule has 370 valence electrons. The molecule has 16 nitrogen and oxygen atoms in total. The fraction of sp³-hybridized carbons (Fsp3) is 0.358. The molecule has 18 heteroatoms. The molecular formula is C53H57F2N9O7. The van der Waals surface area contributed by atoms with Crippen molar-refractivity contribution in [1.82, 2.24) is 35.0 Å². The Morgan fingerprint density at radius 1 is 0.873 bits per heavy atom. The summed E-state index contributed by atoms with van der Waals surface area (Å²) < 4.78 is 41.9. The van der Waals surface area contributed by atoms with E-state index in [0.717, 1.165) is 75.2 Å². The summed E-state index contributed by atoms with van der Waals surface area (Å²) in [7, 11) is 1.51. The number of likely N-dealkylation sites (tertiary alicyclic amines) is 1. The summed E-state index contributed by atoms with van der Waals surface area (Å²) in [6.07, 6.45) is 3.63. The number of anilines is 2. The number of halogens is 2. The molecule has 3 fully saturated rings. The summed E-state index contributed by atoms with van der Waals surface area (Å²) >= 11 is 0. The molecule has 6 aromatic rings. The number of carbonyl (C=O) groups is 4. The van der Waals surface area contributed by atoms with Crippen molar-refractivity contribution in [2.24, 2.45) is 5.92 Å². The number of fused-ring (bicyclic) bond motifs is 1. The molecule has 4 N–H and O–H groups in total. The van der Waals surface area contributed by atoms with Gasteiger partial charge in [0, 0.05) is 80.1 Å². The first-order valence-electron chi connectivity index (χ1n) is 23.9. The van der Waals surface area contributed by atoms with Crippen molar-refractivity contribution in [3.63, 3.8) is 0 Å². The molecule has 0 atom stereocenters. The van der Waals surface area contributed by atoms with Gasteiger partial charge in [-0.3, -0.25) is 29.5 Å². The van der Waals surface area contributed by atoms with Crippen LogP contribution in [0.1, 0.15) is 65.0 Å². The fourth-order valence-electron chi connectivity index (χ4n) is 9.42. The van der Waals surface area contributed by atoms with E-state index in [1.54, 1.807) is 25.1 Å². The zero-order chi connectivity index (χ0) is 50.0. The second-order valence-corrected chi connectivity index (χ2v) is 18.9. The number of piperidine rings is 1. The fourth-order valence-corrected chi connectivity index (χ4v) is 9.42. The van der Waals surface area contributed by atoms with Crippen LogP contribution in [0.25, 0.3) is 33.5 Å². The first-order valence-corrected chi connectivity index (χ1v) is 23.9. The Bertz CT molecular complexity index is 2980. The van der Waals surface area contributed by atoms with Gasteiger partial charge in [0.25, 0.3) is 11.8 Å². The molecule has 3 aliphatic heterocycles. The molecule has 3 saturated heterocycles. The summed E-state index contributed by atoms with van der Waals surface area (Å²) in [5, 5.41) is 15.9. The van der Waals surface area contributed by atoms with Crippen LogP contribution in [-0.4, -0.2) is 131 Å². The second kappa shape index (κ2) is 20.6. The Kier molecular flexibility index (Phi) is 14.1. The zero-order valence-corrected chi connectivity index (χ0v) is 40.2. The molecule has 5 amide bonds. The van der Waals surface area contributed by atoms with Crippen LogP contribution in [0.5, 0.6) is 11.5 Å². The quantitative estimate of drug-likeness (QED) is 0.0855. The number of aliphatic hydroxyl groups is 1. The molecule has 5 heterocycles. The van der Waals surface area contributed by atoms with Crippen molar-refractivity contribution in [1.29, 1.82) is 0 Å². The van der Waals surface area contributed by atoms with Gasteiger partial charge in [-0.05, 0) is 142 Å². The number of rotatable bonds is 14. The van der Waals surface area contributed by atoms with Crippen molar-refractivity contribution in [3.8, 4) is 34.0 Å². The van der Waals surface area contributed by atoms with Gasteiger partial charge >= 0.3 is 6.03 Å². The molecule has 0 saturated carbocycles. The lowest BCUT2D eigenvalue weighted by molar-refractivity contribution is -0.120. The minimum absolute atomic E-state index is 0.101. The van der Waals surface area contributed by atoms with Crippen molar-refractivity contribution >= 4 is 46.2 Å².